The zero-order valence-electron chi connectivity index (χ0n) is 10.3. The van der Waals surface area contributed by atoms with E-state index < -0.39 is 0 Å². The summed E-state index contributed by atoms with van der Waals surface area (Å²) in [6.45, 7) is 6.64. The van der Waals surface area contributed by atoms with Crippen molar-refractivity contribution >= 4 is 0 Å². The van der Waals surface area contributed by atoms with Crippen LogP contribution in [0.25, 0.3) is 0 Å². The number of hydrogen-bond acceptors (Lipinski definition) is 3. The summed E-state index contributed by atoms with van der Waals surface area (Å²) in [7, 11) is 1.88. The van der Waals surface area contributed by atoms with Crippen LogP contribution < -0.4 is 5.32 Å². The van der Waals surface area contributed by atoms with E-state index in [0.717, 1.165) is 31.7 Å². The van der Waals surface area contributed by atoms with Crippen LogP contribution in [0, 0.1) is 11.3 Å². The monoisotopic (exact) mass is 233 g/mol. The van der Waals surface area contributed by atoms with Gasteiger partial charge in [0.25, 0.3) is 0 Å². The molecule has 92 valence electrons. The number of nitriles is 1. The van der Waals surface area contributed by atoms with Gasteiger partial charge in [-0.05, 0) is 18.1 Å². The third-order valence-corrected chi connectivity index (χ3v) is 2.39. The predicted molar refractivity (Wildman–Crippen MR) is 67.5 cm³/mol. The molecule has 0 aromatic carbocycles. The van der Waals surface area contributed by atoms with Crippen molar-refractivity contribution in [3.63, 3.8) is 0 Å². The molecule has 4 nitrogen and oxygen atoms in total. The maximum Gasteiger partial charge on any atom is 0.120 e. The second kappa shape index (κ2) is 7.66. The Morgan fingerprint density at radius 3 is 3.06 bits per heavy atom. The molecule has 17 heavy (non-hydrogen) atoms. The lowest BCUT2D eigenvalue weighted by molar-refractivity contribution is 0.140. The molecular formula is C13H19N3O. The smallest absolute Gasteiger partial charge is 0.120 e. The highest BCUT2D eigenvalue weighted by molar-refractivity contribution is 5.28. The van der Waals surface area contributed by atoms with Crippen molar-refractivity contribution in [2.24, 2.45) is 7.05 Å². The fourth-order valence-corrected chi connectivity index (χ4v) is 1.49. The van der Waals surface area contributed by atoms with Crippen molar-refractivity contribution < 1.29 is 4.74 Å². The van der Waals surface area contributed by atoms with Crippen LogP contribution in [0.2, 0.25) is 0 Å². The molecule has 1 N–H and O–H groups in total. The summed E-state index contributed by atoms with van der Waals surface area (Å²) in [5.41, 5.74) is 1.80. The number of nitrogens with one attached hydrogen (secondary N) is 1. The highest BCUT2D eigenvalue weighted by Crippen LogP contribution is 2.05. The van der Waals surface area contributed by atoms with Crippen molar-refractivity contribution in [2.45, 2.75) is 13.0 Å². The van der Waals surface area contributed by atoms with Gasteiger partial charge in [-0.25, -0.2) is 0 Å². The standard InChI is InChI=1S/C13H19N3O/c1-3-4-6-17-7-5-15-10-12-8-13(9-14)16(2)11-12/h3,8,11,15H,1,4-7,10H2,2H3. The van der Waals surface area contributed by atoms with E-state index in [9.17, 15) is 0 Å². The molecule has 0 radical (unpaired) electrons. The minimum absolute atomic E-state index is 0.684. The molecule has 0 atom stereocenters. The lowest BCUT2D eigenvalue weighted by Crippen LogP contribution is -2.19. The van der Waals surface area contributed by atoms with Gasteiger partial charge in [-0.2, -0.15) is 5.26 Å². The first-order chi connectivity index (χ1) is 8.27. The van der Waals surface area contributed by atoms with E-state index in [1.165, 1.54) is 0 Å². The van der Waals surface area contributed by atoms with Gasteiger partial charge in [-0.1, -0.05) is 6.08 Å². The maximum atomic E-state index is 8.80. The summed E-state index contributed by atoms with van der Waals surface area (Å²) < 4.78 is 7.20. The van der Waals surface area contributed by atoms with Gasteiger partial charge in [0.15, 0.2) is 0 Å². The topological polar surface area (TPSA) is 50.0 Å². The van der Waals surface area contributed by atoms with E-state index in [1.807, 2.05) is 30.0 Å². The summed E-state index contributed by atoms with van der Waals surface area (Å²) in [6.07, 6.45) is 4.70. The zero-order chi connectivity index (χ0) is 12.5. The number of aryl methyl sites for hydroxylation is 1. The summed E-state index contributed by atoms with van der Waals surface area (Å²) in [4.78, 5) is 0. The first-order valence-corrected chi connectivity index (χ1v) is 5.72. The maximum absolute atomic E-state index is 8.80. The highest BCUT2D eigenvalue weighted by atomic mass is 16.5. The van der Waals surface area contributed by atoms with Crippen LogP contribution in [-0.4, -0.2) is 24.3 Å². The molecule has 0 fully saturated rings. The lowest BCUT2D eigenvalue weighted by Gasteiger charge is -2.03. The number of rotatable bonds is 8. The van der Waals surface area contributed by atoms with Crippen LogP contribution in [0.1, 0.15) is 17.7 Å². The van der Waals surface area contributed by atoms with E-state index >= 15 is 0 Å². The number of aromatic nitrogens is 1. The summed E-state index contributed by atoms with van der Waals surface area (Å²) in [6, 6.07) is 4.04. The molecule has 0 unspecified atom stereocenters. The molecule has 0 aliphatic heterocycles. The molecular weight excluding hydrogens is 214 g/mol. The second-order valence-electron chi connectivity index (χ2n) is 3.82. The average Bonchev–Trinajstić information content (AvgIpc) is 2.68. The van der Waals surface area contributed by atoms with Crippen LogP contribution in [-0.2, 0) is 18.3 Å². The van der Waals surface area contributed by atoms with Crippen LogP contribution in [0.15, 0.2) is 24.9 Å². The van der Waals surface area contributed by atoms with Crippen LogP contribution in [0.4, 0.5) is 0 Å². The van der Waals surface area contributed by atoms with Gasteiger partial charge in [-0.3, -0.25) is 0 Å². The van der Waals surface area contributed by atoms with Crippen molar-refractivity contribution in [1.29, 1.82) is 5.26 Å². The predicted octanol–water partition coefficient (Wildman–Crippen LogP) is 1.58. The molecule has 0 amide bonds. The van der Waals surface area contributed by atoms with Gasteiger partial charge in [0.2, 0.25) is 0 Å². The van der Waals surface area contributed by atoms with Gasteiger partial charge >= 0.3 is 0 Å². The van der Waals surface area contributed by atoms with Crippen LogP contribution in [0.5, 0.6) is 0 Å². The quantitative estimate of drug-likeness (QED) is 0.548. The number of ether oxygens (including phenoxy) is 1. The third-order valence-electron chi connectivity index (χ3n) is 2.39. The fraction of sp³-hybridized carbons (Fsp3) is 0.462. The molecule has 0 saturated heterocycles. The minimum Gasteiger partial charge on any atom is -0.380 e. The average molecular weight is 233 g/mol. The first-order valence-electron chi connectivity index (χ1n) is 5.72. The molecule has 1 aromatic heterocycles. The van der Waals surface area contributed by atoms with E-state index in [1.54, 1.807) is 0 Å². The van der Waals surface area contributed by atoms with Gasteiger partial charge < -0.3 is 14.6 Å². The van der Waals surface area contributed by atoms with Gasteiger partial charge in [0.1, 0.15) is 11.8 Å². The van der Waals surface area contributed by atoms with Crippen molar-refractivity contribution in [2.75, 3.05) is 19.8 Å². The molecule has 0 bridgehead atoms. The van der Waals surface area contributed by atoms with Gasteiger partial charge in [0, 0.05) is 26.3 Å². The Balaban J connectivity index is 2.14. The zero-order valence-corrected chi connectivity index (χ0v) is 10.3. The minimum atomic E-state index is 0.684. The largest absolute Gasteiger partial charge is 0.380 e. The third kappa shape index (κ3) is 4.85. The van der Waals surface area contributed by atoms with Crippen LogP contribution in [0.3, 0.4) is 0 Å². The van der Waals surface area contributed by atoms with Crippen molar-refractivity contribution in [1.82, 2.24) is 9.88 Å². The van der Waals surface area contributed by atoms with E-state index in [-0.39, 0.29) is 0 Å². The van der Waals surface area contributed by atoms with Crippen LogP contribution >= 0.6 is 0 Å². The Labute approximate surface area is 103 Å². The second-order valence-corrected chi connectivity index (χ2v) is 3.82. The molecule has 0 aliphatic rings. The number of hydrogen-bond donors (Lipinski definition) is 1. The van der Waals surface area contributed by atoms with Gasteiger partial charge in [-0.15, -0.1) is 6.58 Å². The molecule has 1 heterocycles. The Kier molecular flexibility index (Phi) is 6.08. The molecule has 0 spiro atoms. The summed E-state index contributed by atoms with van der Waals surface area (Å²) in [5, 5.41) is 12.1. The lowest BCUT2D eigenvalue weighted by atomic mass is 10.3. The Hall–Kier alpha value is -1.57. The fourth-order valence-electron chi connectivity index (χ4n) is 1.49. The Morgan fingerprint density at radius 1 is 1.59 bits per heavy atom. The molecule has 1 aromatic rings. The van der Waals surface area contributed by atoms with E-state index in [0.29, 0.717) is 12.3 Å². The van der Waals surface area contributed by atoms with E-state index in [2.05, 4.69) is 18.0 Å². The number of nitrogens with zero attached hydrogens (tertiary/aromatic N) is 2. The Morgan fingerprint density at radius 2 is 2.41 bits per heavy atom. The normalized spacial score (nSPS) is 10.1. The first kappa shape index (κ1) is 13.5. The molecule has 1 rings (SSSR count). The molecule has 4 heteroatoms. The van der Waals surface area contributed by atoms with E-state index in [4.69, 9.17) is 10.00 Å². The highest BCUT2D eigenvalue weighted by Gasteiger charge is 2.01. The molecule has 0 aliphatic carbocycles. The van der Waals surface area contributed by atoms with Crippen molar-refractivity contribution in [3.8, 4) is 6.07 Å². The Bertz CT molecular complexity index is 390. The van der Waals surface area contributed by atoms with Gasteiger partial charge in [0.05, 0.1) is 13.2 Å². The summed E-state index contributed by atoms with van der Waals surface area (Å²) in [5.74, 6) is 0. The summed E-state index contributed by atoms with van der Waals surface area (Å²) >= 11 is 0. The van der Waals surface area contributed by atoms with Crippen molar-refractivity contribution in [3.05, 3.63) is 36.2 Å². The SMILES string of the molecule is C=CCCOCCNCc1cc(C#N)n(C)c1. The molecule has 0 saturated carbocycles.